The fourth-order valence-electron chi connectivity index (χ4n) is 2.69. The second kappa shape index (κ2) is 7.35. The number of hydrogen-bond acceptors (Lipinski definition) is 4. The number of aryl methyl sites for hydroxylation is 1. The molecule has 1 aromatic rings. The number of nitrogens with one attached hydrogen (secondary N) is 2. The van der Waals surface area contributed by atoms with E-state index in [0.717, 1.165) is 25.1 Å². The lowest BCUT2D eigenvalue weighted by Crippen LogP contribution is -2.46. The summed E-state index contributed by atoms with van der Waals surface area (Å²) in [5.74, 6) is 0.580. The molecule has 0 unspecified atom stereocenters. The molecule has 1 aliphatic rings. The molecular formula is C13H25N5O2S. The van der Waals surface area contributed by atoms with Gasteiger partial charge in [0.2, 0.25) is 0 Å². The largest absolute Gasteiger partial charge is 0.319 e. The second-order valence-corrected chi connectivity index (χ2v) is 7.25. The van der Waals surface area contributed by atoms with Crippen LogP contribution in [0.25, 0.3) is 0 Å². The minimum absolute atomic E-state index is 0.401. The van der Waals surface area contributed by atoms with Gasteiger partial charge in [0.15, 0.2) is 0 Å². The Morgan fingerprint density at radius 3 is 2.67 bits per heavy atom. The van der Waals surface area contributed by atoms with E-state index in [9.17, 15) is 8.42 Å². The van der Waals surface area contributed by atoms with Gasteiger partial charge in [-0.15, -0.1) is 0 Å². The van der Waals surface area contributed by atoms with Crippen LogP contribution in [-0.2, 0) is 23.7 Å². The van der Waals surface area contributed by atoms with Crippen molar-refractivity contribution in [2.75, 3.05) is 33.2 Å². The summed E-state index contributed by atoms with van der Waals surface area (Å²) in [5.41, 5.74) is 1.02. The highest BCUT2D eigenvalue weighted by molar-refractivity contribution is 7.87. The predicted molar refractivity (Wildman–Crippen MR) is 82.1 cm³/mol. The van der Waals surface area contributed by atoms with Gasteiger partial charge in [-0.2, -0.15) is 17.8 Å². The summed E-state index contributed by atoms with van der Waals surface area (Å²) < 4.78 is 30.5. The van der Waals surface area contributed by atoms with E-state index in [0.29, 0.717) is 32.0 Å². The maximum Gasteiger partial charge on any atom is 0.279 e. The maximum atomic E-state index is 12.2. The van der Waals surface area contributed by atoms with E-state index in [1.54, 1.807) is 15.2 Å². The summed E-state index contributed by atoms with van der Waals surface area (Å²) in [7, 11) is 0.437. The van der Waals surface area contributed by atoms with Crippen LogP contribution in [0.2, 0.25) is 0 Å². The third kappa shape index (κ3) is 4.50. The van der Waals surface area contributed by atoms with Crippen LogP contribution in [0.3, 0.4) is 0 Å². The fourth-order valence-corrected chi connectivity index (χ4v) is 3.92. The van der Waals surface area contributed by atoms with E-state index in [1.165, 1.54) is 0 Å². The van der Waals surface area contributed by atoms with E-state index in [4.69, 9.17) is 0 Å². The Hall–Kier alpha value is -0.960. The quantitative estimate of drug-likeness (QED) is 0.726. The molecule has 0 bridgehead atoms. The van der Waals surface area contributed by atoms with Gasteiger partial charge < -0.3 is 5.32 Å². The zero-order chi connectivity index (χ0) is 15.3. The molecule has 0 saturated carbocycles. The number of aromatic nitrogens is 2. The first kappa shape index (κ1) is 16.4. The second-order valence-electron chi connectivity index (χ2n) is 5.50. The molecule has 0 aromatic carbocycles. The molecule has 0 amide bonds. The van der Waals surface area contributed by atoms with E-state index < -0.39 is 10.2 Å². The molecule has 1 fully saturated rings. The summed E-state index contributed by atoms with van der Waals surface area (Å²) in [5, 5.41) is 7.22. The zero-order valence-electron chi connectivity index (χ0n) is 12.7. The summed E-state index contributed by atoms with van der Waals surface area (Å²) in [6, 6.07) is 1.90. The van der Waals surface area contributed by atoms with Crippen molar-refractivity contribution in [2.24, 2.45) is 13.0 Å². The van der Waals surface area contributed by atoms with Crippen molar-refractivity contribution < 1.29 is 8.42 Å². The highest BCUT2D eigenvalue weighted by Crippen LogP contribution is 2.18. The molecule has 1 aromatic heterocycles. The van der Waals surface area contributed by atoms with Crippen LogP contribution in [0.4, 0.5) is 0 Å². The lowest BCUT2D eigenvalue weighted by molar-refractivity contribution is 0.268. The first-order valence-corrected chi connectivity index (χ1v) is 8.83. The Labute approximate surface area is 126 Å². The van der Waals surface area contributed by atoms with Gasteiger partial charge >= 0.3 is 0 Å². The number of rotatable bonds is 7. The lowest BCUT2D eigenvalue weighted by atomic mass is 9.98. The van der Waals surface area contributed by atoms with Gasteiger partial charge in [0.25, 0.3) is 10.2 Å². The zero-order valence-corrected chi connectivity index (χ0v) is 13.6. The first-order chi connectivity index (χ1) is 10.0. The van der Waals surface area contributed by atoms with E-state index >= 15 is 0 Å². The van der Waals surface area contributed by atoms with Gasteiger partial charge in [-0.05, 0) is 38.4 Å². The molecule has 1 aliphatic heterocycles. The third-order valence-corrected chi connectivity index (χ3v) is 5.61. The third-order valence-electron chi connectivity index (χ3n) is 3.99. The molecule has 0 aliphatic carbocycles. The Balaban J connectivity index is 1.78. The van der Waals surface area contributed by atoms with Gasteiger partial charge in [0.1, 0.15) is 0 Å². The Bertz CT molecular complexity index is 535. The summed E-state index contributed by atoms with van der Waals surface area (Å²) in [6.45, 7) is 2.57. The van der Waals surface area contributed by atoms with E-state index in [1.807, 2.05) is 20.2 Å². The van der Waals surface area contributed by atoms with Crippen LogP contribution in [0, 0.1) is 5.92 Å². The van der Waals surface area contributed by atoms with E-state index in [2.05, 4.69) is 15.1 Å². The van der Waals surface area contributed by atoms with Crippen molar-refractivity contribution in [3.05, 3.63) is 18.0 Å². The van der Waals surface area contributed by atoms with Gasteiger partial charge in [-0.3, -0.25) is 4.68 Å². The Morgan fingerprint density at radius 1 is 1.38 bits per heavy atom. The highest BCUT2D eigenvalue weighted by atomic mass is 32.2. The molecule has 120 valence electrons. The normalized spacial score (nSPS) is 18.2. The summed E-state index contributed by atoms with van der Waals surface area (Å²) in [6.07, 6.45) is 4.20. The SMILES string of the molecule is CNCC1CCN(S(=O)(=O)NCCc2ccnn2C)CC1. The fraction of sp³-hybridized carbons (Fsp3) is 0.769. The van der Waals surface area contributed by atoms with Crippen LogP contribution >= 0.6 is 0 Å². The van der Waals surface area contributed by atoms with Crippen molar-refractivity contribution in [3.63, 3.8) is 0 Å². The van der Waals surface area contributed by atoms with Gasteiger partial charge in [-0.1, -0.05) is 0 Å². The molecule has 1 saturated heterocycles. The van der Waals surface area contributed by atoms with Crippen molar-refractivity contribution in [2.45, 2.75) is 19.3 Å². The van der Waals surface area contributed by atoms with Crippen molar-refractivity contribution >= 4 is 10.2 Å². The van der Waals surface area contributed by atoms with E-state index in [-0.39, 0.29) is 0 Å². The number of hydrogen-bond donors (Lipinski definition) is 2. The van der Waals surface area contributed by atoms with Gasteiger partial charge in [-0.25, -0.2) is 4.72 Å². The van der Waals surface area contributed by atoms with Crippen LogP contribution in [0.1, 0.15) is 18.5 Å². The molecule has 8 heteroatoms. The van der Waals surface area contributed by atoms with Gasteiger partial charge in [0, 0.05) is 45.0 Å². The topological polar surface area (TPSA) is 79.3 Å². The molecule has 0 radical (unpaired) electrons. The lowest BCUT2D eigenvalue weighted by Gasteiger charge is -2.31. The highest BCUT2D eigenvalue weighted by Gasteiger charge is 2.27. The molecule has 0 spiro atoms. The van der Waals surface area contributed by atoms with Crippen LogP contribution < -0.4 is 10.0 Å². The summed E-state index contributed by atoms with van der Waals surface area (Å²) in [4.78, 5) is 0. The smallest absolute Gasteiger partial charge is 0.279 e. The molecule has 21 heavy (non-hydrogen) atoms. The van der Waals surface area contributed by atoms with Gasteiger partial charge in [0.05, 0.1) is 0 Å². The molecular weight excluding hydrogens is 290 g/mol. The minimum atomic E-state index is -3.35. The monoisotopic (exact) mass is 315 g/mol. The number of nitrogens with zero attached hydrogens (tertiary/aromatic N) is 3. The van der Waals surface area contributed by atoms with Crippen molar-refractivity contribution in [1.82, 2.24) is 24.1 Å². The average Bonchev–Trinajstić information content (AvgIpc) is 2.85. The van der Waals surface area contributed by atoms with Crippen LogP contribution in [0.15, 0.2) is 12.3 Å². The standard InChI is InChI=1S/C13H25N5O2S/c1-14-11-12-5-9-18(10-6-12)21(19,20)16-8-4-13-3-7-15-17(13)2/h3,7,12,14,16H,4-6,8-11H2,1-2H3. The molecule has 2 N–H and O–H groups in total. The first-order valence-electron chi connectivity index (χ1n) is 7.39. The molecule has 2 heterocycles. The Kier molecular flexibility index (Phi) is 5.74. The Morgan fingerprint density at radius 2 is 2.10 bits per heavy atom. The number of piperidine rings is 1. The minimum Gasteiger partial charge on any atom is -0.319 e. The molecule has 0 atom stereocenters. The molecule has 7 nitrogen and oxygen atoms in total. The van der Waals surface area contributed by atoms with Crippen LogP contribution in [0.5, 0.6) is 0 Å². The van der Waals surface area contributed by atoms with Crippen molar-refractivity contribution in [1.29, 1.82) is 0 Å². The summed E-state index contributed by atoms with van der Waals surface area (Å²) >= 11 is 0. The van der Waals surface area contributed by atoms with Crippen LogP contribution in [-0.4, -0.2) is 55.7 Å². The molecule has 2 rings (SSSR count). The maximum absolute atomic E-state index is 12.2. The average molecular weight is 315 g/mol. The predicted octanol–water partition coefficient (Wildman–Crippen LogP) is -0.272. The van der Waals surface area contributed by atoms with Crippen molar-refractivity contribution in [3.8, 4) is 0 Å².